The maximum atomic E-state index is 6.21. The maximum absolute atomic E-state index is 6.21. The van der Waals surface area contributed by atoms with Crippen LogP contribution >= 0.6 is 0 Å². The topological polar surface area (TPSA) is 9.23 Å². The monoisotopic (exact) mass is 565 g/mol. The van der Waals surface area contributed by atoms with E-state index < -0.39 is 0 Å². The van der Waals surface area contributed by atoms with E-state index in [1.807, 2.05) is 0 Å². The van der Waals surface area contributed by atoms with Crippen LogP contribution in [0, 0.1) is 94.7 Å². The lowest BCUT2D eigenvalue weighted by atomic mass is 9.62. The summed E-state index contributed by atoms with van der Waals surface area (Å²) in [6, 6.07) is 0. The third-order valence-corrected chi connectivity index (χ3v) is 14.3. The van der Waals surface area contributed by atoms with Gasteiger partial charge in [-0.3, -0.25) is 0 Å². The average molecular weight is 565 g/mol. The van der Waals surface area contributed by atoms with Crippen molar-refractivity contribution in [1.82, 2.24) is 0 Å². The van der Waals surface area contributed by atoms with Crippen molar-refractivity contribution in [2.75, 3.05) is 6.61 Å². The summed E-state index contributed by atoms with van der Waals surface area (Å²) in [5.41, 5.74) is 0. The van der Waals surface area contributed by atoms with Gasteiger partial charge in [-0.15, -0.1) is 0 Å². The highest BCUT2D eigenvalue weighted by atomic mass is 16.5. The largest absolute Gasteiger partial charge is 0.378 e. The zero-order valence-electron chi connectivity index (χ0n) is 31.3. The van der Waals surface area contributed by atoms with Crippen molar-refractivity contribution in [3.63, 3.8) is 0 Å². The zero-order valence-corrected chi connectivity index (χ0v) is 31.3. The second-order valence-electron chi connectivity index (χ2n) is 16.1. The van der Waals surface area contributed by atoms with Gasteiger partial charge in [0.1, 0.15) is 0 Å². The minimum absolute atomic E-state index is 0.342. The van der Waals surface area contributed by atoms with Crippen molar-refractivity contribution in [3.05, 3.63) is 0 Å². The quantitative estimate of drug-likeness (QED) is 0.134. The van der Waals surface area contributed by atoms with Crippen LogP contribution in [0.25, 0.3) is 0 Å². The molecule has 0 aromatic rings. The Kier molecular flexibility index (Phi) is 18.6. The number of unbranched alkanes of at least 4 members (excludes halogenated alkanes) is 1. The molecule has 0 aromatic carbocycles. The van der Waals surface area contributed by atoms with Gasteiger partial charge in [-0.1, -0.05) is 131 Å². The van der Waals surface area contributed by atoms with Gasteiger partial charge >= 0.3 is 0 Å². The van der Waals surface area contributed by atoms with E-state index in [1.165, 1.54) is 12.8 Å². The molecular formula is C39H80O. The fourth-order valence-electron chi connectivity index (χ4n) is 7.82. The maximum Gasteiger partial charge on any atom is 0.0575 e. The summed E-state index contributed by atoms with van der Waals surface area (Å²) in [7, 11) is 0. The molecule has 0 aliphatic carbocycles. The Morgan fingerprint density at radius 1 is 0.325 bits per heavy atom. The summed E-state index contributed by atoms with van der Waals surface area (Å²) in [4.78, 5) is 0. The summed E-state index contributed by atoms with van der Waals surface area (Å²) < 4.78 is 6.21. The number of hydrogen-bond donors (Lipinski definition) is 0. The third-order valence-electron chi connectivity index (χ3n) is 14.3. The molecule has 0 fully saturated rings. The van der Waals surface area contributed by atoms with Crippen LogP contribution in [-0.4, -0.2) is 12.7 Å². The Labute approximate surface area is 256 Å². The Bertz CT molecular complexity index is 641. The lowest BCUT2D eigenvalue weighted by Crippen LogP contribution is -2.37. The normalized spacial score (nSPS) is 24.9. The SMILES string of the molecule is CCCCOC(C)C(C)C(C)C(C)C(C)C(C)C(C)C(C)C(C)C(C)C(C)C(C)C(C)C(C)C(C)C(C)C(C)C. The van der Waals surface area contributed by atoms with Gasteiger partial charge in [0.25, 0.3) is 0 Å². The Morgan fingerprint density at radius 2 is 0.550 bits per heavy atom. The van der Waals surface area contributed by atoms with Crippen LogP contribution in [0.2, 0.25) is 0 Å². The van der Waals surface area contributed by atoms with Crippen molar-refractivity contribution < 1.29 is 4.74 Å². The molecule has 0 saturated carbocycles. The predicted octanol–water partition coefficient (Wildman–Crippen LogP) is 12.4. The second-order valence-corrected chi connectivity index (χ2v) is 16.1. The molecule has 242 valence electrons. The van der Waals surface area contributed by atoms with E-state index >= 15 is 0 Å². The van der Waals surface area contributed by atoms with Crippen molar-refractivity contribution in [2.24, 2.45) is 94.7 Å². The van der Waals surface area contributed by atoms with Gasteiger partial charge in [0.05, 0.1) is 6.10 Å². The fraction of sp³-hybridized carbons (Fsp3) is 1.00. The number of rotatable bonds is 20. The van der Waals surface area contributed by atoms with Crippen molar-refractivity contribution in [1.29, 1.82) is 0 Å². The van der Waals surface area contributed by atoms with Gasteiger partial charge in [0.15, 0.2) is 0 Å². The van der Waals surface area contributed by atoms with Crippen molar-refractivity contribution in [3.8, 4) is 0 Å². The summed E-state index contributed by atoms with van der Waals surface area (Å²) in [5.74, 6) is 11.6. The molecule has 0 amide bonds. The molecule has 0 heterocycles. The molecular weight excluding hydrogens is 484 g/mol. The summed E-state index contributed by atoms with van der Waals surface area (Å²) >= 11 is 0. The number of hydrogen-bond acceptors (Lipinski definition) is 1. The van der Waals surface area contributed by atoms with Crippen molar-refractivity contribution >= 4 is 0 Å². The molecule has 0 aliphatic rings. The molecule has 0 saturated heterocycles. The van der Waals surface area contributed by atoms with E-state index in [2.05, 4.69) is 132 Å². The summed E-state index contributed by atoms with van der Waals surface area (Å²) in [6.07, 6.45) is 2.72. The first-order valence-corrected chi connectivity index (χ1v) is 18.0. The molecule has 1 nitrogen and oxygen atoms in total. The van der Waals surface area contributed by atoms with Crippen molar-refractivity contribution in [2.45, 2.75) is 150 Å². The fourth-order valence-corrected chi connectivity index (χ4v) is 7.82. The minimum Gasteiger partial charge on any atom is -0.378 e. The van der Waals surface area contributed by atoms with E-state index in [9.17, 15) is 0 Å². The Hall–Kier alpha value is -0.0400. The van der Waals surface area contributed by atoms with Gasteiger partial charge in [0.2, 0.25) is 0 Å². The van der Waals surface area contributed by atoms with Crippen LogP contribution in [0.3, 0.4) is 0 Å². The molecule has 0 N–H and O–H groups in total. The Morgan fingerprint density at radius 3 is 0.775 bits per heavy atom. The summed E-state index contributed by atoms with van der Waals surface area (Å²) in [6.45, 7) is 48.1. The highest BCUT2D eigenvalue weighted by Crippen LogP contribution is 2.44. The second kappa shape index (κ2) is 18.6. The highest BCUT2D eigenvalue weighted by Gasteiger charge is 2.38. The molecule has 0 aromatic heterocycles. The highest BCUT2D eigenvalue weighted by molar-refractivity contribution is 4.86. The zero-order chi connectivity index (χ0) is 31.6. The van der Waals surface area contributed by atoms with Gasteiger partial charge in [-0.2, -0.15) is 0 Å². The van der Waals surface area contributed by atoms with Crippen LogP contribution in [0.15, 0.2) is 0 Å². The van der Waals surface area contributed by atoms with Crippen LogP contribution in [0.1, 0.15) is 144 Å². The van der Waals surface area contributed by atoms with Gasteiger partial charge in [-0.25, -0.2) is 0 Å². The van der Waals surface area contributed by atoms with E-state index in [1.54, 1.807) is 0 Å². The lowest BCUT2D eigenvalue weighted by molar-refractivity contribution is -0.00768. The van der Waals surface area contributed by atoms with Crippen LogP contribution in [-0.2, 0) is 4.74 Å². The molecule has 0 bridgehead atoms. The predicted molar refractivity (Wildman–Crippen MR) is 183 cm³/mol. The minimum atomic E-state index is 0.342. The van der Waals surface area contributed by atoms with Crippen LogP contribution < -0.4 is 0 Å². The van der Waals surface area contributed by atoms with Gasteiger partial charge < -0.3 is 4.74 Å². The molecule has 0 radical (unpaired) electrons. The molecule has 16 atom stereocenters. The standard InChI is InChI=1S/C39H80O/c1-20-21-22-40-39(19)38(18)37(17)36(16)35(15)34(14)33(13)32(12)31(11)30(10)29(9)28(8)27(7)26(6)25(5)24(4)23(2)3/h23-39H,20-22H2,1-19H3. The molecule has 1 heteroatoms. The first-order chi connectivity index (χ1) is 18.3. The molecule has 16 unspecified atom stereocenters. The van der Waals surface area contributed by atoms with Crippen LogP contribution in [0.4, 0.5) is 0 Å². The van der Waals surface area contributed by atoms with E-state index in [0.29, 0.717) is 29.8 Å². The third kappa shape index (κ3) is 10.9. The lowest BCUT2D eigenvalue weighted by Gasteiger charge is -2.43. The molecule has 40 heavy (non-hydrogen) atoms. The molecule has 0 aliphatic heterocycles. The average Bonchev–Trinajstić information content (AvgIpc) is 2.94. The smallest absolute Gasteiger partial charge is 0.0575 e. The van der Waals surface area contributed by atoms with E-state index in [4.69, 9.17) is 4.74 Å². The number of ether oxygens (including phenoxy) is 1. The van der Waals surface area contributed by atoms with E-state index in [-0.39, 0.29) is 0 Å². The van der Waals surface area contributed by atoms with Gasteiger partial charge in [-0.05, 0) is 108 Å². The molecule has 0 rings (SSSR count). The first-order valence-electron chi connectivity index (χ1n) is 18.0. The first kappa shape index (κ1) is 40.0. The van der Waals surface area contributed by atoms with Gasteiger partial charge in [0, 0.05) is 6.61 Å². The molecule has 0 spiro atoms. The Balaban J connectivity index is 5.30. The van der Waals surface area contributed by atoms with Crippen LogP contribution in [0.5, 0.6) is 0 Å². The van der Waals surface area contributed by atoms with E-state index in [0.717, 1.165) is 77.6 Å². The summed E-state index contributed by atoms with van der Waals surface area (Å²) in [5, 5.41) is 0.